The Bertz CT molecular complexity index is 374. The van der Waals surface area contributed by atoms with Gasteiger partial charge in [0.05, 0.1) is 18.1 Å². The summed E-state index contributed by atoms with van der Waals surface area (Å²) in [6.07, 6.45) is 1.50. The summed E-state index contributed by atoms with van der Waals surface area (Å²) in [5.41, 5.74) is 0.448. The highest BCUT2D eigenvalue weighted by molar-refractivity contribution is 7.91. The van der Waals surface area contributed by atoms with Gasteiger partial charge in [0.2, 0.25) is 0 Å². The average Bonchev–Trinajstić information content (AvgIpc) is 2.70. The minimum atomic E-state index is -2.94. The first-order valence-electron chi connectivity index (χ1n) is 4.79. The second kappa shape index (κ2) is 5.22. The van der Waals surface area contributed by atoms with Crippen molar-refractivity contribution in [3.05, 3.63) is 11.9 Å². The lowest BCUT2D eigenvalue weighted by atomic mass is 10.2. The van der Waals surface area contributed by atoms with Gasteiger partial charge in [0.1, 0.15) is 15.5 Å². The van der Waals surface area contributed by atoms with Gasteiger partial charge in [0, 0.05) is 5.75 Å². The van der Waals surface area contributed by atoms with E-state index in [2.05, 4.69) is 15.4 Å². The van der Waals surface area contributed by atoms with Gasteiger partial charge in [-0.2, -0.15) is 15.4 Å². The van der Waals surface area contributed by atoms with Crippen LogP contribution in [0.3, 0.4) is 0 Å². The molecule has 2 N–H and O–H groups in total. The summed E-state index contributed by atoms with van der Waals surface area (Å²) in [4.78, 5) is 0. The van der Waals surface area contributed by atoms with E-state index in [1.54, 1.807) is 6.92 Å². The second-order valence-corrected chi connectivity index (χ2v) is 5.76. The van der Waals surface area contributed by atoms with Crippen LogP contribution in [0.15, 0.2) is 6.20 Å². The summed E-state index contributed by atoms with van der Waals surface area (Å²) < 4.78 is 22.3. The molecule has 15 heavy (non-hydrogen) atoms. The Balaban J connectivity index is 2.33. The molecule has 1 heterocycles. The van der Waals surface area contributed by atoms with E-state index in [0.717, 1.165) is 0 Å². The summed E-state index contributed by atoms with van der Waals surface area (Å²) in [6, 6.07) is 0. The lowest BCUT2D eigenvalue weighted by Gasteiger charge is -2.06. The highest BCUT2D eigenvalue weighted by Crippen LogP contribution is 2.14. The molecule has 0 radical (unpaired) electrons. The molecule has 0 saturated heterocycles. The third kappa shape index (κ3) is 3.96. The van der Waals surface area contributed by atoms with E-state index in [1.165, 1.54) is 6.20 Å². The number of aromatic nitrogens is 3. The van der Waals surface area contributed by atoms with Gasteiger partial charge in [-0.15, -0.1) is 0 Å². The summed E-state index contributed by atoms with van der Waals surface area (Å²) in [5, 5.41) is 19.2. The van der Waals surface area contributed by atoms with E-state index in [4.69, 9.17) is 0 Å². The predicted octanol–water partition coefficient (Wildman–Crippen LogP) is 0.0530. The quantitative estimate of drug-likeness (QED) is 0.724. The van der Waals surface area contributed by atoms with E-state index in [0.29, 0.717) is 18.5 Å². The summed E-state index contributed by atoms with van der Waals surface area (Å²) >= 11 is 0. The van der Waals surface area contributed by atoms with Crippen LogP contribution in [0.25, 0.3) is 0 Å². The molecule has 0 saturated carbocycles. The van der Waals surface area contributed by atoms with Crippen LogP contribution >= 0.6 is 0 Å². The Morgan fingerprint density at radius 3 is 2.87 bits per heavy atom. The van der Waals surface area contributed by atoms with Crippen molar-refractivity contribution in [3.63, 3.8) is 0 Å². The van der Waals surface area contributed by atoms with Crippen molar-refractivity contribution in [1.29, 1.82) is 0 Å². The number of aliphatic hydroxyl groups is 1. The van der Waals surface area contributed by atoms with Gasteiger partial charge in [0.25, 0.3) is 0 Å². The fourth-order valence-electron chi connectivity index (χ4n) is 1.16. The summed E-state index contributed by atoms with van der Waals surface area (Å²) in [5.74, 6) is 0.255. The van der Waals surface area contributed by atoms with Crippen LogP contribution in [0.4, 0.5) is 0 Å². The minimum absolute atomic E-state index is 0.110. The monoisotopic (exact) mass is 233 g/mol. The molecule has 1 unspecified atom stereocenters. The Morgan fingerprint density at radius 1 is 1.60 bits per heavy atom. The first-order valence-corrected chi connectivity index (χ1v) is 6.61. The van der Waals surface area contributed by atoms with Crippen molar-refractivity contribution in [2.45, 2.75) is 25.9 Å². The van der Waals surface area contributed by atoms with Crippen LogP contribution in [-0.4, -0.2) is 40.4 Å². The molecule has 0 aliphatic heterocycles. The maximum absolute atomic E-state index is 11.2. The number of aliphatic hydroxyl groups excluding tert-OH is 1. The number of hydrogen-bond acceptors (Lipinski definition) is 5. The lowest BCUT2D eigenvalue weighted by Crippen LogP contribution is -2.10. The number of rotatable bonds is 6. The Morgan fingerprint density at radius 2 is 2.33 bits per heavy atom. The van der Waals surface area contributed by atoms with E-state index in [-0.39, 0.29) is 11.5 Å². The molecule has 0 aliphatic carbocycles. The zero-order valence-electron chi connectivity index (χ0n) is 8.55. The summed E-state index contributed by atoms with van der Waals surface area (Å²) in [7, 11) is -2.94. The van der Waals surface area contributed by atoms with Crippen LogP contribution in [0.1, 0.15) is 31.6 Å². The van der Waals surface area contributed by atoms with Gasteiger partial charge in [0.15, 0.2) is 0 Å². The van der Waals surface area contributed by atoms with E-state index < -0.39 is 15.9 Å². The zero-order valence-corrected chi connectivity index (χ0v) is 9.37. The molecule has 0 aromatic carbocycles. The van der Waals surface area contributed by atoms with Crippen LogP contribution in [0, 0.1) is 0 Å². The van der Waals surface area contributed by atoms with Gasteiger partial charge in [-0.25, -0.2) is 8.42 Å². The normalized spacial score (nSPS) is 14.0. The first kappa shape index (κ1) is 12.1. The molecule has 7 heteroatoms. The van der Waals surface area contributed by atoms with Crippen molar-refractivity contribution in [2.24, 2.45) is 0 Å². The molecule has 1 aromatic rings. The Kier molecular flexibility index (Phi) is 4.22. The predicted molar refractivity (Wildman–Crippen MR) is 54.9 cm³/mol. The van der Waals surface area contributed by atoms with Crippen molar-refractivity contribution in [2.75, 3.05) is 11.5 Å². The molecule has 1 aromatic heterocycles. The lowest BCUT2D eigenvalue weighted by molar-refractivity contribution is 0.162. The Hall–Kier alpha value is -0.950. The number of H-pyrrole nitrogens is 1. The molecule has 1 rings (SSSR count). The second-order valence-electron chi connectivity index (χ2n) is 3.29. The molecule has 0 fully saturated rings. The molecule has 0 aliphatic rings. The van der Waals surface area contributed by atoms with E-state index >= 15 is 0 Å². The highest BCUT2D eigenvalue weighted by Gasteiger charge is 2.13. The highest BCUT2D eigenvalue weighted by atomic mass is 32.2. The zero-order chi connectivity index (χ0) is 11.3. The minimum Gasteiger partial charge on any atom is -0.387 e. The Labute approximate surface area is 88.6 Å². The topological polar surface area (TPSA) is 95.9 Å². The van der Waals surface area contributed by atoms with Gasteiger partial charge < -0.3 is 5.11 Å². The van der Waals surface area contributed by atoms with E-state index in [1.807, 2.05) is 0 Å². The van der Waals surface area contributed by atoms with Crippen molar-refractivity contribution in [3.8, 4) is 0 Å². The van der Waals surface area contributed by atoms with E-state index in [9.17, 15) is 13.5 Å². The average molecular weight is 233 g/mol. The van der Waals surface area contributed by atoms with Gasteiger partial charge in [-0.05, 0) is 12.8 Å². The van der Waals surface area contributed by atoms with Crippen molar-refractivity contribution >= 4 is 9.84 Å². The van der Waals surface area contributed by atoms with Gasteiger partial charge >= 0.3 is 0 Å². The molecule has 0 amide bonds. The van der Waals surface area contributed by atoms with Gasteiger partial charge in [-0.1, -0.05) is 6.92 Å². The SMILES string of the molecule is CCS(=O)(=O)CCCC(O)c1cn[nH]n1. The number of aromatic amines is 1. The van der Waals surface area contributed by atoms with Crippen molar-refractivity contribution < 1.29 is 13.5 Å². The number of sulfone groups is 1. The fourth-order valence-corrected chi connectivity index (χ4v) is 2.06. The number of hydrogen-bond donors (Lipinski definition) is 2. The molecule has 0 spiro atoms. The third-order valence-electron chi connectivity index (χ3n) is 2.15. The summed E-state index contributed by atoms with van der Waals surface area (Å²) in [6.45, 7) is 1.61. The maximum atomic E-state index is 11.2. The first-order chi connectivity index (χ1) is 7.05. The molecular weight excluding hydrogens is 218 g/mol. The molecule has 86 valence electrons. The molecular formula is C8H15N3O3S. The molecule has 0 bridgehead atoms. The smallest absolute Gasteiger partial charge is 0.150 e. The van der Waals surface area contributed by atoms with Crippen LogP contribution in [0.2, 0.25) is 0 Å². The van der Waals surface area contributed by atoms with Crippen molar-refractivity contribution in [1.82, 2.24) is 15.4 Å². The fraction of sp³-hybridized carbons (Fsp3) is 0.750. The van der Waals surface area contributed by atoms with Crippen LogP contribution in [0.5, 0.6) is 0 Å². The third-order valence-corrected chi connectivity index (χ3v) is 3.94. The van der Waals surface area contributed by atoms with Crippen LogP contribution in [-0.2, 0) is 9.84 Å². The molecule has 1 atom stereocenters. The number of nitrogens with zero attached hydrogens (tertiary/aromatic N) is 2. The number of nitrogens with one attached hydrogen (secondary N) is 1. The maximum Gasteiger partial charge on any atom is 0.150 e. The molecule has 6 nitrogen and oxygen atoms in total. The van der Waals surface area contributed by atoms with Crippen LogP contribution < -0.4 is 0 Å². The standard InChI is InChI=1S/C8H15N3O3S/c1-2-15(13,14)5-3-4-8(12)7-6-9-11-10-7/h6,8,12H,2-5H2,1H3,(H,9,10,11). The van der Waals surface area contributed by atoms with Gasteiger partial charge in [-0.3, -0.25) is 0 Å². The largest absolute Gasteiger partial charge is 0.387 e.